The average Bonchev–Trinajstić information content (AvgIpc) is 2.52. The summed E-state index contributed by atoms with van der Waals surface area (Å²) in [6.07, 6.45) is 3.10. The molecular weight excluding hydrogens is 208 g/mol. The van der Waals surface area contributed by atoms with Crippen LogP contribution in [0.25, 0.3) is 10.7 Å². The summed E-state index contributed by atoms with van der Waals surface area (Å²) >= 11 is 7.15. The molecule has 0 bridgehead atoms. The molecule has 0 fully saturated rings. The Kier molecular flexibility index (Phi) is 2.20. The maximum Gasteiger partial charge on any atom is 0.167 e. The highest BCUT2D eigenvalue weighted by Crippen LogP contribution is 2.20. The molecule has 2 heterocycles. The largest absolute Gasteiger partial charge is 0.259 e. The molecule has 0 atom stereocenters. The lowest BCUT2D eigenvalue weighted by molar-refractivity contribution is 1.04. The summed E-state index contributed by atoms with van der Waals surface area (Å²) in [5.41, 5.74) is 0.665. The Morgan fingerprint density at radius 2 is 2.15 bits per heavy atom. The summed E-state index contributed by atoms with van der Waals surface area (Å²) in [5, 5.41) is 9.82. The van der Waals surface area contributed by atoms with E-state index in [1.165, 1.54) is 17.5 Å². The molecule has 2 rings (SSSR count). The van der Waals surface area contributed by atoms with Crippen LogP contribution in [-0.2, 0) is 0 Å². The quantitative estimate of drug-likeness (QED) is 0.725. The van der Waals surface area contributed by atoms with Gasteiger partial charge in [0.1, 0.15) is 15.9 Å². The minimum atomic E-state index is 0.366. The van der Waals surface area contributed by atoms with Gasteiger partial charge in [-0.15, -0.1) is 10.2 Å². The Bertz CT molecular complexity index is 428. The van der Waals surface area contributed by atoms with Crippen molar-refractivity contribution in [1.29, 1.82) is 0 Å². The molecule has 0 radical (unpaired) electrons. The number of halogens is 1. The molecule has 0 aliphatic rings. The van der Waals surface area contributed by atoms with E-state index in [1.807, 2.05) is 6.92 Å². The van der Waals surface area contributed by atoms with E-state index in [4.69, 9.17) is 11.6 Å². The van der Waals surface area contributed by atoms with Gasteiger partial charge in [-0.25, -0.2) is 4.98 Å². The molecule has 0 aromatic carbocycles. The summed E-state index contributed by atoms with van der Waals surface area (Å²) in [4.78, 5) is 7.98. The molecule has 0 N–H and O–H groups in total. The standard InChI is InChI=1S/C7H5ClN4S/c1-4-11-12-7(13-4)5-2-9-3-6(8)10-5/h2-3H,1H3. The number of nitrogens with zero attached hydrogens (tertiary/aromatic N) is 4. The SMILES string of the molecule is Cc1nnc(-c2cncc(Cl)n2)s1. The van der Waals surface area contributed by atoms with Crippen LogP contribution in [0.5, 0.6) is 0 Å². The lowest BCUT2D eigenvalue weighted by atomic mass is 10.5. The average molecular weight is 213 g/mol. The first-order chi connectivity index (χ1) is 6.25. The van der Waals surface area contributed by atoms with Crippen molar-refractivity contribution in [2.45, 2.75) is 6.92 Å². The zero-order valence-corrected chi connectivity index (χ0v) is 8.30. The molecular formula is C7H5ClN4S. The van der Waals surface area contributed by atoms with Crippen LogP contribution in [0.2, 0.25) is 5.15 Å². The monoisotopic (exact) mass is 212 g/mol. The number of aromatic nitrogens is 4. The first kappa shape index (κ1) is 8.52. The normalized spacial score (nSPS) is 10.3. The number of hydrogen-bond acceptors (Lipinski definition) is 5. The molecule has 13 heavy (non-hydrogen) atoms. The van der Waals surface area contributed by atoms with Crippen LogP contribution in [0.3, 0.4) is 0 Å². The van der Waals surface area contributed by atoms with Gasteiger partial charge in [0, 0.05) is 0 Å². The third-order valence-corrected chi connectivity index (χ3v) is 2.39. The summed E-state index contributed by atoms with van der Waals surface area (Å²) < 4.78 is 0. The predicted octanol–water partition coefficient (Wildman–Crippen LogP) is 1.96. The first-order valence-electron chi connectivity index (χ1n) is 3.54. The van der Waals surface area contributed by atoms with Gasteiger partial charge in [-0.1, -0.05) is 22.9 Å². The molecule has 66 valence electrons. The van der Waals surface area contributed by atoms with Crippen molar-refractivity contribution in [2.24, 2.45) is 0 Å². The minimum absolute atomic E-state index is 0.366. The van der Waals surface area contributed by atoms with Crippen LogP contribution in [0.4, 0.5) is 0 Å². The second-order valence-electron chi connectivity index (χ2n) is 2.35. The molecule has 2 aromatic rings. The fourth-order valence-electron chi connectivity index (χ4n) is 0.845. The molecule has 4 nitrogen and oxygen atoms in total. The third kappa shape index (κ3) is 1.81. The Morgan fingerprint density at radius 1 is 1.31 bits per heavy atom. The van der Waals surface area contributed by atoms with Gasteiger partial charge < -0.3 is 0 Å². The van der Waals surface area contributed by atoms with Gasteiger partial charge in [-0.3, -0.25) is 4.98 Å². The molecule has 2 aromatic heterocycles. The van der Waals surface area contributed by atoms with Crippen molar-refractivity contribution >= 4 is 22.9 Å². The van der Waals surface area contributed by atoms with Gasteiger partial charge in [0.2, 0.25) is 0 Å². The van der Waals surface area contributed by atoms with E-state index >= 15 is 0 Å². The lowest BCUT2D eigenvalue weighted by Gasteiger charge is -1.92. The highest BCUT2D eigenvalue weighted by atomic mass is 35.5. The van der Waals surface area contributed by atoms with Gasteiger partial charge in [0.15, 0.2) is 5.01 Å². The van der Waals surface area contributed by atoms with E-state index in [-0.39, 0.29) is 0 Å². The van der Waals surface area contributed by atoms with Crippen molar-refractivity contribution in [2.75, 3.05) is 0 Å². The van der Waals surface area contributed by atoms with Crippen LogP contribution < -0.4 is 0 Å². The van der Waals surface area contributed by atoms with Gasteiger partial charge >= 0.3 is 0 Å². The zero-order chi connectivity index (χ0) is 9.26. The molecule has 0 unspecified atom stereocenters. The van der Waals surface area contributed by atoms with Crippen molar-refractivity contribution < 1.29 is 0 Å². The number of rotatable bonds is 1. The Labute approximate surface area is 83.6 Å². The van der Waals surface area contributed by atoms with E-state index < -0.39 is 0 Å². The number of hydrogen-bond donors (Lipinski definition) is 0. The van der Waals surface area contributed by atoms with E-state index in [9.17, 15) is 0 Å². The smallest absolute Gasteiger partial charge is 0.167 e. The Hall–Kier alpha value is -1.07. The van der Waals surface area contributed by atoms with Crippen molar-refractivity contribution in [3.05, 3.63) is 22.6 Å². The summed E-state index contributed by atoms with van der Waals surface area (Å²) in [7, 11) is 0. The third-order valence-electron chi connectivity index (χ3n) is 1.35. The molecule has 0 spiro atoms. The van der Waals surface area contributed by atoms with Crippen molar-refractivity contribution in [3.8, 4) is 10.7 Å². The molecule has 0 amide bonds. The second-order valence-corrected chi connectivity index (χ2v) is 3.92. The van der Waals surface area contributed by atoms with Gasteiger partial charge in [-0.05, 0) is 6.92 Å². The Morgan fingerprint density at radius 3 is 2.77 bits per heavy atom. The Balaban J connectivity index is 2.46. The van der Waals surface area contributed by atoms with Crippen LogP contribution in [0.15, 0.2) is 12.4 Å². The van der Waals surface area contributed by atoms with Crippen molar-refractivity contribution in [3.63, 3.8) is 0 Å². The molecule has 0 aliphatic carbocycles. The van der Waals surface area contributed by atoms with Crippen LogP contribution >= 0.6 is 22.9 Å². The van der Waals surface area contributed by atoms with Crippen LogP contribution in [0.1, 0.15) is 5.01 Å². The first-order valence-corrected chi connectivity index (χ1v) is 4.73. The highest BCUT2D eigenvalue weighted by Gasteiger charge is 2.05. The fourth-order valence-corrected chi connectivity index (χ4v) is 1.64. The van der Waals surface area contributed by atoms with Crippen molar-refractivity contribution in [1.82, 2.24) is 20.2 Å². The number of aryl methyl sites for hydroxylation is 1. The highest BCUT2D eigenvalue weighted by molar-refractivity contribution is 7.14. The fraction of sp³-hybridized carbons (Fsp3) is 0.143. The molecule has 0 saturated carbocycles. The summed E-state index contributed by atoms with van der Waals surface area (Å²) in [6.45, 7) is 1.89. The maximum absolute atomic E-state index is 5.68. The topological polar surface area (TPSA) is 51.6 Å². The van der Waals surface area contributed by atoms with Gasteiger partial charge in [0.25, 0.3) is 0 Å². The second kappa shape index (κ2) is 3.35. The molecule has 0 saturated heterocycles. The summed E-state index contributed by atoms with van der Waals surface area (Å²) in [5.74, 6) is 0. The summed E-state index contributed by atoms with van der Waals surface area (Å²) in [6, 6.07) is 0. The van der Waals surface area contributed by atoms with Crippen LogP contribution in [0, 0.1) is 6.92 Å². The zero-order valence-electron chi connectivity index (χ0n) is 6.73. The van der Waals surface area contributed by atoms with E-state index in [2.05, 4.69) is 20.2 Å². The van der Waals surface area contributed by atoms with Gasteiger partial charge in [0.05, 0.1) is 12.4 Å². The van der Waals surface area contributed by atoms with E-state index in [0.29, 0.717) is 10.8 Å². The molecule has 0 aliphatic heterocycles. The maximum atomic E-state index is 5.68. The minimum Gasteiger partial charge on any atom is -0.259 e. The van der Waals surface area contributed by atoms with E-state index in [0.717, 1.165) is 10.0 Å². The van der Waals surface area contributed by atoms with E-state index in [1.54, 1.807) is 6.20 Å². The predicted molar refractivity (Wildman–Crippen MR) is 50.7 cm³/mol. The lowest BCUT2D eigenvalue weighted by Crippen LogP contribution is -1.85. The molecule has 6 heteroatoms. The van der Waals surface area contributed by atoms with Crippen LogP contribution in [-0.4, -0.2) is 20.2 Å². The van der Waals surface area contributed by atoms with Gasteiger partial charge in [-0.2, -0.15) is 0 Å².